The van der Waals surface area contributed by atoms with Crippen LogP contribution in [-0.2, 0) is 20.4 Å². The fourth-order valence-electron chi connectivity index (χ4n) is 2.89. The molecule has 1 amide bonds. The highest BCUT2D eigenvalue weighted by Crippen LogP contribution is 2.24. The van der Waals surface area contributed by atoms with E-state index in [4.69, 9.17) is 23.2 Å². The number of carbonyl (C=O) groups is 1. The smallest absolute Gasteiger partial charge is 0.238 e. The number of carbonyl (C=O) groups excluding carboxylic acids is 1. The Labute approximate surface area is 153 Å². The highest BCUT2D eigenvalue weighted by atomic mass is 35.5. The highest BCUT2D eigenvalue weighted by Gasteiger charge is 2.29. The predicted octanol–water partition coefficient (Wildman–Crippen LogP) is 4.14. The van der Waals surface area contributed by atoms with Gasteiger partial charge in [-0.15, -0.1) is 0 Å². The highest BCUT2D eigenvalue weighted by molar-refractivity contribution is 7.92. The van der Waals surface area contributed by atoms with Crippen molar-refractivity contribution in [2.75, 3.05) is 0 Å². The molecule has 7 heteroatoms. The number of rotatable bonds is 5. The maximum absolute atomic E-state index is 12.5. The van der Waals surface area contributed by atoms with Gasteiger partial charge in [-0.3, -0.25) is 4.79 Å². The van der Waals surface area contributed by atoms with Crippen LogP contribution in [0, 0.1) is 0 Å². The first-order chi connectivity index (χ1) is 11.3. The number of amides is 1. The molecule has 0 radical (unpaired) electrons. The summed E-state index contributed by atoms with van der Waals surface area (Å²) in [6, 6.07) is 4.78. The molecule has 1 N–H and O–H groups in total. The number of hydrogen-bond donors (Lipinski definition) is 1. The summed E-state index contributed by atoms with van der Waals surface area (Å²) in [5, 5.41) is 2.50. The zero-order chi connectivity index (χ0) is 17.7. The Morgan fingerprint density at radius 3 is 2.38 bits per heavy atom. The van der Waals surface area contributed by atoms with Gasteiger partial charge in [-0.25, -0.2) is 8.42 Å². The zero-order valence-corrected chi connectivity index (χ0v) is 16.1. The summed E-state index contributed by atoms with van der Waals surface area (Å²) >= 11 is 11.8. The molecule has 0 aliphatic heterocycles. The minimum atomic E-state index is -3.62. The van der Waals surface area contributed by atoms with Gasteiger partial charge in [-0.1, -0.05) is 55.0 Å². The fourth-order valence-corrected chi connectivity index (χ4v) is 4.50. The minimum Gasteiger partial charge on any atom is -0.352 e. The van der Waals surface area contributed by atoms with E-state index in [1.807, 2.05) is 0 Å². The van der Waals surface area contributed by atoms with Gasteiger partial charge in [0.15, 0.2) is 9.84 Å². The zero-order valence-electron chi connectivity index (χ0n) is 13.7. The van der Waals surface area contributed by atoms with Crippen LogP contribution in [0.2, 0.25) is 10.0 Å². The second kappa shape index (κ2) is 8.54. The predicted molar refractivity (Wildman–Crippen MR) is 98.2 cm³/mol. The van der Waals surface area contributed by atoms with Gasteiger partial charge < -0.3 is 5.32 Å². The van der Waals surface area contributed by atoms with Crippen molar-refractivity contribution in [3.05, 3.63) is 33.8 Å². The van der Waals surface area contributed by atoms with Crippen molar-refractivity contribution < 1.29 is 13.2 Å². The molecule has 24 heavy (non-hydrogen) atoms. The summed E-state index contributed by atoms with van der Waals surface area (Å²) in [6.07, 6.45) is 6.36. The van der Waals surface area contributed by atoms with Crippen LogP contribution in [0.3, 0.4) is 0 Å². The Balaban J connectivity index is 2.01. The van der Waals surface area contributed by atoms with Gasteiger partial charge in [0.1, 0.15) is 5.25 Å². The second-order valence-corrected chi connectivity index (χ2v) is 9.53. The van der Waals surface area contributed by atoms with E-state index in [1.54, 1.807) is 12.1 Å². The van der Waals surface area contributed by atoms with Crippen molar-refractivity contribution in [3.8, 4) is 0 Å². The summed E-state index contributed by atoms with van der Waals surface area (Å²) in [5.74, 6) is -0.648. The van der Waals surface area contributed by atoms with Gasteiger partial charge in [0.05, 0.1) is 15.8 Å². The molecule has 1 aromatic carbocycles. The Hall–Kier alpha value is -0.780. The average Bonchev–Trinajstić information content (AvgIpc) is 2.78. The number of halogens is 2. The first-order valence-corrected chi connectivity index (χ1v) is 10.7. The number of benzene rings is 1. The Bertz CT molecular complexity index is 683. The van der Waals surface area contributed by atoms with Gasteiger partial charge in [0.2, 0.25) is 5.91 Å². The quantitative estimate of drug-likeness (QED) is 0.767. The van der Waals surface area contributed by atoms with Crippen LogP contribution in [0.15, 0.2) is 18.2 Å². The molecule has 134 valence electrons. The molecule has 0 saturated heterocycles. The molecular formula is C17H23Cl2NO3S. The fraction of sp³-hybridized carbons (Fsp3) is 0.588. The van der Waals surface area contributed by atoms with Crippen LogP contribution < -0.4 is 5.32 Å². The monoisotopic (exact) mass is 391 g/mol. The van der Waals surface area contributed by atoms with Crippen LogP contribution >= 0.6 is 23.2 Å². The van der Waals surface area contributed by atoms with Crippen LogP contribution in [0.1, 0.15) is 51.0 Å². The lowest BCUT2D eigenvalue weighted by Gasteiger charge is -2.19. The lowest BCUT2D eigenvalue weighted by atomic mass is 10.1. The van der Waals surface area contributed by atoms with E-state index < -0.39 is 21.0 Å². The van der Waals surface area contributed by atoms with E-state index in [-0.39, 0.29) is 11.8 Å². The first-order valence-electron chi connectivity index (χ1n) is 8.25. The molecule has 1 fully saturated rings. The van der Waals surface area contributed by atoms with Gasteiger partial charge in [-0.2, -0.15) is 0 Å². The summed E-state index contributed by atoms with van der Waals surface area (Å²) in [6.45, 7) is 1.44. The van der Waals surface area contributed by atoms with Crippen molar-refractivity contribution in [2.45, 2.75) is 62.5 Å². The Morgan fingerprint density at radius 1 is 1.17 bits per heavy atom. The second-order valence-electron chi connectivity index (χ2n) is 6.39. The maximum atomic E-state index is 12.5. The number of sulfone groups is 1. The third kappa shape index (κ3) is 5.36. The summed E-state index contributed by atoms with van der Waals surface area (Å²) in [5.41, 5.74) is 0.526. The van der Waals surface area contributed by atoms with Crippen molar-refractivity contribution in [3.63, 3.8) is 0 Å². The molecule has 0 aromatic heterocycles. The standard InChI is InChI=1S/C17H23Cl2NO3S/c1-12(17(21)20-14-6-4-2-3-5-7-14)24(22,23)11-13-8-9-15(18)16(19)10-13/h8-10,12,14H,2-7,11H2,1H3,(H,20,21). The molecule has 1 aliphatic rings. The van der Waals surface area contributed by atoms with Gasteiger partial charge in [0, 0.05) is 6.04 Å². The first kappa shape index (κ1) is 19.5. The molecule has 1 saturated carbocycles. The van der Waals surface area contributed by atoms with Gasteiger partial charge in [-0.05, 0) is 37.5 Å². The van der Waals surface area contributed by atoms with Crippen molar-refractivity contribution >= 4 is 38.9 Å². The van der Waals surface area contributed by atoms with Crippen LogP contribution in [-0.4, -0.2) is 25.6 Å². The number of nitrogens with one attached hydrogen (secondary N) is 1. The van der Waals surface area contributed by atoms with Crippen molar-refractivity contribution in [1.29, 1.82) is 0 Å². The Kier molecular flexibility index (Phi) is 6.96. The van der Waals surface area contributed by atoms with E-state index in [0.717, 1.165) is 25.7 Å². The molecular weight excluding hydrogens is 369 g/mol. The lowest BCUT2D eigenvalue weighted by Crippen LogP contribution is -2.43. The summed E-state index contributed by atoms with van der Waals surface area (Å²) in [4.78, 5) is 12.3. The maximum Gasteiger partial charge on any atom is 0.238 e. The topological polar surface area (TPSA) is 63.2 Å². The molecule has 0 bridgehead atoms. The average molecular weight is 392 g/mol. The van der Waals surface area contributed by atoms with Crippen molar-refractivity contribution in [1.82, 2.24) is 5.32 Å². The van der Waals surface area contributed by atoms with Gasteiger partial charge in [0.25, 0.3) is 0 Å². The molecule has 0 spiro atoms. The van der Waals surface area contributed by atoms with Crippen LogP contribution in [0.25, 0.3) is 0 Å². The largest absolute Gasteiger partial charge is 0.352 e. The van der Waals surface area contributed by atoms with E-state index in [9.17, 15) is 13.2 Å². The molecule has 1 aliphatic carbocycles. The molecule has 1 atom stereocenters. The minimum absolute atomic E-state index is 0.0858. The molecule has 1 unspecified atom stereocenters. The number of hydrogen-bond acceptors (Lipinski definition) is 3. The summed E-state index contributed by atoms with van der Waals surface area (Å²) in [7, 11) is -3.62. The van der Waals surface area contributed by atoms with Crippen molar-refractivity contribution in [2.24, 2.45) is 0 Å². The normalized spacial score (nSPS) is 18.0. The lowest BCUT2D eigenvalue weighted by molar-refractivity contribution is -0.121. The van der Waals surface area contributed by atoms with E-state index in [2.05, 4.69) is 5.32 Å². The van der Waals surface area contributed by atoms with Crippen LogP contribution in [0.4, 0.5) is 0 Å². The SMILES string of the molecule is CC(C(=O)NC1CCCCCC1)S(=O)(=O)Cc1ccc(Cl)c(Cl)c1. The third-order valence-electron chi connectivity index (χ3n) is 4.46. The molecule has 4 nitrogen and oxygen atoms in total. The Morgan fingerprint density at radius 2 is 1.79 bits per heavy atom. The third-order valence-corrected chi connectivity index (χ3v) is 7.23. The molecule has 1 aromatic rings. The van der Waals surface area contributed by atoms with Crippen LogP contribution in [0.5, 0.6) is 0 Å². The van der Waals surface area contributed by atoms with E-state index in [1.165, 1.54) is 25.8 Å². The van der Waals surface area contributed by atoms with Gasteiger partial charge >= 0.3 is 0 Å². The summed E-state index contributed by atoms with van der Waals surface area (Å²) < 4.78 is 25.0. The molecule has 2 rings (SSSR count). The van der Waals surface area contributed by atoms with E-state index >= 15 is 0 Å². The van der Waals surface area contributed by atoms with E-state index in [0.29, 0.717) is 15.6 Å². The molecule has 0 heterocycles.